The lowest BCUT2D eigenvalue weighted by molar-refractivity contribution is -0.131. The highest BCUT2D eigenvalue weighted by molar-refractivity contribution is 5.79. The van der Waals surface area contributed by atoms with Crippen LogP contribution in [0.25, 0.3) is 11.2 Å². The van der Waals surface area contributed by atoms with E-state index in [2.05, 4.69) is 9.55 Å². The Morgan fingerprint density at radius 3 is 2.60 bits per heavy atom. The van der Waals surface area contributed by atoms with Gasteiger partial charge in [0.25, 0.3) is 0 Å². The van der Waals surface area contributed by atoms with Crippen molar-refractivity contribution in [2.24, 2.45) is 0 Å². The number of pyridine rings is 1. The quantitative estimate of drug-likeness (QED) is 0.433. The lowest BCUT2D eigenvalue weighted by Crippen LogP contribution is -2.40. The summed E-state index contributed by atoms with van der Waals surface area (Å²) in [5.74, 6) is 2.20. The molecule has 2 aliphatic rings. The van der Waals surface area contributed by atoms with Crippen LogP contribution in [0, 0.1) is 5.82 Å². The van der Waals surface area contributed by atoms with Crippen LogP contribution in [0.1, 0.15) is 35.8 Å². The first-order valence-corrected chi connectivity index (χ1v) is 11.9. The Bertz CT molecular complexity index is 1380. The third-order valence-electron chi connectivity index (χ3n) is 6.77. The molecule has 178 valence electrons. The lowest BCUT2D eigenvalue weighted by Gasteiger charge is -2.33. The maximum atomic E-state index is 13.4. The number of halogens is 1. The van der Waals surface area contributed by atoms with Gasteiger partial charge in [-0.25, -0.2) is 14.4 Å². The van der Waals surface area contributed by atoms with Gasteiger partial charge in [-0.15, -0.1) is 0 Å². The molecule has 0 aliphatic carbocycles. The van der Waals surface area contributed by atoms with Crippen LogP contribution < -0.4 is 9.47 Å². The number of imidazole rings is 1. The van der Waals surface area contributed by atoms with Gasteiger partial charge in [0.1, 0.15) is 17.2 Å². The minimum absolute atomic E-state index is 0.113. The fraction of sp³-hybridized carbons (Fsp3) is 0.296. The summed E-state index contributed by atoms with van der Waals surface area (Å²) in [5, 5.41) is 0. The van der Waals surface area contributed by atoms with Gasteiger partial charge in [-0.1, -0.05) is 18.2 Å². The molecule has 2 aromatic carbocycles. The standard InChI is InChI=1S/C27H25FN4O3/c28-20-6-3-18(4-7-20)15-25-30-22-2-1-11-29-27(22)32(25)21-9-12-31(13-10-21)26(33)16-19-5-8-23-24(14-19)35-17-34-23/h1-8,11,14,21H,9-10,12-13,15-17H2. The molecule has 1 fully saturated rings. The number of benzene rings is 2. The zero-order valence-corrected chi connectivity index (χ0v) is 19.2. The van der Waals surface area contributed by atoms with E-state index in [9.17, 15) is 9.18 Å². The van der Waals surface area contributed by atoms with Crippen LogP contribution in [-0.4, -0.2) is 45.2 Å². The van der Waals surface area contributed by atoms with Gasteiger partial charge in [0.15, 0.2) is 17.1 Å². The molecule has 0 N–H and O–H groups in total. The van der Waals surface area contributed by atoms with E-state index < -0.39 is 0 Å². The Balaban J connectivity index is 1.17. The number of fused-ring (bicyclic) bond motifs is 2. The number of nitrogens with zero attached hydrogens (tertiary/aromatic N) is 4. The maximum Gasteiger partial charge on any atom is 0.231 e. The van der Waals surface area contributed by atoms with Crippen molar-refractivity contribution in [1.29, 1.82) is 0 Å². The normalized spacial score (nSPS) is 15.6. The molecule has 2 aromatic heterocycles. The Kier molecular flexibility index (Phi) is 5.56. The van der Waals surface area contributed by atoms with E-state index in [0.717, 1.165) is 46.7 Å². The van der Waals surface area contributed by atoms with Crippen LogP contribution in [-0.2, 0) is 17.6 Å². The Labute approximate surface area is 202 Å². The Morgan fingerprint density at radius 1 is 1.00 bits per heavy atom. The number of carbonyl (C=O) groups is 1. The number of hydrogen-bond acceptors (Lipinski definition) is 5. The van der Waals surface area contributed by atoms with E-state index in [1.54, 1.807) is 18.3 Å². The monoisotopic (exact) mass is 472 g/mol. The van der Waals surface area contributed by atoms with Gasteiger partial charge in [0.05, 0.1) is 6.42 Å². The topological polar surface area (TPSA) is 69.5 Å². The van der Waals surface area contributed by atoms with E-state index >= 15 is 0 Å². The van der Waals surface area contributed by atoms with Crippen molar-refractivity contribution in [3.05, 3.63) is 83.6 Å². The van der Waals surface area contributed by atoms with Gasteiger partial charge < -0.3 is 18.9 Å². The molecule has 0 atom stereocenters. The van der Waals surface area contributed by atoms with Gasteiger partial charge >= 0.3 is 0 Å². The number of carbonyl (C=O) groups excluding carboxylic acids is 1. The molecule has 0 radical (unpaired) electrons. The first-order valence-electron chi connectivity index (χ1n) is 11.9. The number of hydrogen-bond donors (Lipinski definition) is 0. The SMILES string of the molecule is O=C(Cc1ccc2c(c1)OCO2)N1CCC(n2c(Cc3ccc(F)cc3)nc3cccnc32)CC1. The van der Waals surface area contributed by atoms with Crippen LogP contribution in [0.5, 0.6) is 11.5 Å². The summed E-state index contributed by atoms with van der Waals surface area (Å²) in [6.07, 6.45) is 4.37. The van der Waals surface area contributed by atoms with E-state index in [0.29, 0.717) is 31.7 Å². The van der Waals surface area contributed by atoms with Crippen molar-refractivity contribution in [3.63, 3.8) is 0 Å². The summed E-state index contributed by atoms with van der Waals surface area (Å²) in [7, 11) is 0. The highest BCUT2D eigenvalue weighted by Gasteiger charge is 2.27. The zero-order chi connectivity index (χ0) is 23.8. The van der Waals surface area contributed by atoms with E-state index in [1.165, 1.54) is 12.1 Å². The summed E-state index contributed by atoms with van der Waals surface area (Å²) in [5.41, 5.74) is 3.63. The van der Waals surface area contributed by atoms with Gasteiger partial charge in [0, 0.05) is 31.7 Å². The van der Waals surface area contributed by atoms with Gasteiger partial charge in [-0.3, -0.25) is 4.79 Å². The van der Waals surface area contributed by atoms with Crippen LogP contribution >= 0.6 is 0 Å². The molecule has 2 aliphatic heterocycles. The minimum atomic E-state index is -0.248. The second kappa shape index (κ2) is 9.02. The summed E-state index contributed by atoms with van der Waals surface area (Å²) >= 11 is 0. The molecule has 1 saturated heterocycles. The average molecular weight is 473 g/mol. The van der Waals surface area contributed by atoms with Crippen molar-refractivity contribution < 1.29 is 18.7 Å². The molecule has 35 heavy (non-hydrogen) atoms. The summed E-state index contributed by atoms with van der Waals surface area (Å²) in [6.45, 7) is 1.58. The summed E-state index contributed by atoms with van der Waals surface area (Å²) in [6, 6.07) is 16.3. The second-order valence-corrected chi connectivity index (χ2v) is 9.02. The highest BCUT2D eigenvalue weighted by Crippen LogP contribution is 2.33. The molecule has 0 saturated carbocycles. The third kappa shape index (κ3) is 4.32. The molecular weight excluding hydrogens is 447 g/mol. The van der Waals surface area contributed by atoms with Crippen LogP contribution in [0.15, 0.2) is 60.8 Å². The van der Waals surface area contributed by atoms with E-state index in [4.69, 9.17) is 14.5 Å². The van der Waals surface area contributed by atoms with Crippen molar-refractivity contribution in [3.8, 4) is 11.5 Å². The fourth-order valence-corrected chi connectivity index (χ4v) is 4.98. The van der Waals surface area contributed by atoms with Gasteiger partial charge in [-0.05, 0) is 60.4 Å². The largest absolute Gasteiger partial charge is 0.454 e. The molecule has 8 heteroatoms. The predicted molar refractivity (Wildman–Crippen MR) is 128 cm³/mol. The molecule has 4 heterocycles. The van der Waals surface area contributed by atoms with Crippen LogP contribution in [0.3, 0.4) is 0 Å². The first-order chi connectivity index (χ1) is 17.1. The van der Waals surface area contributed by atoms with Gasteiger partial charge in [0.2, 0.25) is 12.7 Å². The number of piperidine rings is 1. The highest BCUT2D eigenvalue weighted by atomic mass is 19.1. The number of amides is 1. The van der Waals surface area contributed by atoms with E-state index in [1.807, 2.05) is 35.2 Å². The van der Waals surface area contributed by atoms with Crippen molar-refractivity contribution in [1.82, 2.24) is 19.4 Å². The van der Waals surface area contributed by atoms with Crippen molar-refractivity contribution in [2.75, 3.05) is 19.9 Å². The van der Waals surface area contributed by atoms with Gasteiger partial charge in [-0.2, -0.15) is 0 Å². The van der Waals surface area contributed by atoms with E-state index in [-0.39, 0.29) is 24.6 Å². The molecular formula is C27H25FN4O3. The molecule has 6 rings (SSSR count). The van der Waals surface area contributed by atoms with Crippen LogP contribution in [0.2, 0.25) is 0 Å². The third-order valence-corrected chi connectivity index (χ3v) is 6.77. The number of likely N-dealkylation sites (tertiary alicyclic amines) is 1. The molecule has 4 aromatic rings. The van der Waals surface area contributed by atoms with Crippen molar-refractivity contribution >= 4 is 17.1 Å². The molecule has 0 bridgehead atoms. The zero-order valence-electron chi connectivity index (χ0n) is 19.2. The second-order valence-electron chi connectivity index (χ2n) is 9.02. The first kappa shape index (κ1) is 21.6. The lowest BCUT2D eigenvalue weighted by atomic mass is 10.0. The number of ether oxygens (including phenoxy) is 2. The Hall–Kier alpha value is -3.94. The maximum absolute atomic E-state index is 13.4. The number of rotatable bonds is 5. The number of aromatic nitrogens is 3. The summed E-state index contributed by atoms with van der Waals surface area (Å²) < 4.78 is 26.4. The van der Waals surface area contributed by atoms with Crippen molar-refractivity contribution in [2.45, 2.75) is 31.7 Å². The minimum Gasteiger partial charge on any atom is -0.454 e. The average Bonchev–Trinajstić information content (AvgIpc) is 3.49. The fourth-order valence-electron chi connectivity index (χ4n) is 4.98. The Morgan fingerprint density at radius 2 is 1.77 bits per heavy atom. The molecule has 1 amide bonds. The molecule has 0 spiro atoms. The molecule has 0 unspecified atom stereocenters. The molecule has 7 nitrogen and oxygen atoms in total. The summed E-state index contributed by atoms with van der Waals surface area (Å²) in [4.78, 5) is 24.4. The predicted octanol–water partition coefficient (Wildman–Crippen LogP) is 4.30. The van der Waals surface area contributed by atoms with Crippen LogP contribution in [0.4, 0.5) is 4.39 Å². The smallest absolute Gasteiger partial charge is 0.231 e.